The fraction of sp³-hybridized carbons (Fsp3) is 0.417. The van der Waals surface area contributed by atoms with Crippen LogP contribution in [0.1, 0.15) is 17.5 Å². The zero-order valence-corrected chi connectivity index (χ0v) is 9.66. The summed E-state index contributed by atoms with van der Waals surface area (Å²) in [7, 11) is 1.36. The molecule has 88 valence electrons. The number of ether oxygens (including phenoxy) is 2. The Bertz CT molecular complexity index is 363. The van der Waals surface area contributed by atoms with E-state index in [0.717, 1.165) is 16.9 Å². The van der Waals surface area contributed by atoms with Crippen LogP contribution in [0.3, 0.4) is 0 Å². The Hall–Kier alpha value is -1.55. The van der Waals surface area contributed by atoms with Crippen LogP contribution in [0.4, 0.5) is 0 Å². The van der Waals surface area contributed by atoms with E-state index in [1.165, 1.54) is 7.11 Å². The molecule has 16 heavy (non-hydrogen) atoms. The summed E-state index contributed by atoms with van der Waals surface area (Å²) in [6.45, 7) is 2.73. The van der Waals surface area contributed by atoms with Gasteiger partial charge >= 0.3 is 5.97 Å². The number of methoxy groups -OCH3 is 1. The molecule has 0 fully saturated rings. The summed E-state index contributed by atoms with van der Waals surface area (Å²) < 4.78 is 9.99. The van der Waals surface area contributed by atoms with E-state index in [-0.39, 0.29) is 12.4 Å². The van der Waals surface area contributed by atoms with Crippen molar-refractivity contribution in [1.29, 1.82) is 0 Å². The fourth-order valence-corrected chi connectivity index (χ4v) is 1.35. The first-order valence-electron chi connectivity index (χ1n) is 5.16. The first-order valence-corrected chi connectivity index (χ1v) is 5.16. The third kappa shape index (κ3) is 3.55. The van der Waals surface area contributed by atoms with Crippen molar-refractivity contribution >= 4 is 5.97 Å². The van der Waals surface area contributed by atoms with E-state index in [1.54, 1.807) is 0 Å². The second-order valence-electron chi connectivity index (χ2n) is 3.49. The Kier molecular flexibility index (Phi) is 4.79. The van der Waals surface area contributed by atoms with Crippen LogP contribution in [0.2, 0.25) is 0 Å². The summed E-state index contributed by atoms with van der Waals surface area (Å²) in [5, 5.41) is 0. The van der Waals surface area contributed by atoms with Crippen molar-refractivity contribution in [2.45, 2.75) is 19.9 Å². The Morgan fingerprint density at radius 3 is 2.81 bits per heavy atom. The van der Waals surface area contributed by atoms with Gasteiger partial charge in [-0.05, 0) is 13.0 Å². The normalized spacial score (nSPS) is 9.94. The van der Waals surface area contributed by atoms with E-state index in [1.807, 2.05) is 25.1 Å². The standard InChI is InChI=1S/C12H17NO3/c1-9-3-4-11(10(7-9)8-13)16-6-5-12(14)15-2/h3-4,7H,5-6,8,13H2,1-2H3. The van der Waals surface area contributed by atoms with Gasteiger partial charge in [0.25, 0.3) is 0 Å². The molecule has 4 nitrogen and oxygen atoms in total. The lowest BCUT2D eigenvalue weighted by Crippen LogP contribution is -2.09. The minimum absolute atomic E-state index is 0.244. The molecule has 0 heterocycles. The number of carbonyl (C=O) groups is 1. The van der Waals surface area contributed by atoms with E-state index in [0.29, 0.717) is 13.2 Å². The summed E-state index contributed by atoms with van der Waals surface area (Å²) in [5.74, 6) is 0.457. The maximum absolute atomic E-state index is 10.9. The molecule has 0 amide bonds. The largest absolute Gasteiger partial charge is 0.493 e. The number of benzene rings is 1. The van der Waals surface area contributed by atoms with E-state index in [2.05, 4.69) is 4.74 Å². The highest BCUT2D eigenvalue weighted by atomic mass is 16.5. The van der Waals surface area contributed by atoms with Crippen LogP contribution in [-0.4, -0.2) is 19.7 Å². The third-order valence-corrected chi connectivity index (χ3v) is 2.23. The smallest absolute Gasteiger partial charge is 0.308 e. The average molecular weight is 223 g/mol. The molecule has 0 saturated heterocycles. The lowest BCUT2D eigenvalue weighted by atomic mass is 10.1. The highest BCUT2D eigenvalue weighted by Gasteiger charge is 2.04. The molecule has 2 N–H and O–H groups in total. The van der Waals surface area contributed by atoms with Crippen LogP contribution in [-0.2, 0) is 16.1 Å². The van der Waals surface area contributed by atoms with Gasteiger partial charge in [-0.1, -0.05) is 17.7 Å². The highest BCUT2D eigenvalue weighted by molar-refractivity contribution is 5.69. The van der Waals surface area contributed by atoms with Crippen LogP contribution in [0.5, 0.6) is 5.75 Å². The monoisotopic (exact) mass is 223 g/mol. The summed E-state index contributed by atoms with van der Waals surface area (Å²) in [6.07, 6.45) is 0.244. The summed E-state index contributed by atoms with van der Waals surface area (Å²) in [4.78, 5) is 10.9. The van der Waals surface area contributed by atoms with Gasteiger partial charge in [-0.2, -0.15) is 0 Å². The number of aryl methyl sites for hydroxylation is 1. The van der Waals surface area contributed by atoms with Gasteiger partial charge in [0.15, 0.2) is 0 Å². The quantitative estimate of drug-likeness (QED) is 0.766. The summed E-state index contributed by atoms with van der Waals surface area (Å²) in [6, 6.07) is 5.80. The van der Waals surface area contributed by atoms with Crippen molar-refractivity contribution in [2.75, 3.05) is 13.7 Å². The second-order valence-corrected chi connectivity index (χ2v) is 3.49. The van der Waals surface area contributed by atoms with Crippen LogP contribution in [0, 0.1) is 6.92 Å². The maximum atomic E-state index is 10.9. The highest BCUT2D eigenvalue weighted by Crippen LogP contribution is 2.19. The average Bonchev–Trinajstić information content (AvgIpc) is 2.30. The molecular formula is C12H17NO3. The predicted octanol–water partition coefficient (Wildman–Crippen LogP) is 1.40. The zero-order chi connectivity index (χ0) is 12.0. The number of hydrogen-bond donors (Lipinski definition) is 1. The van der Waals surface area contributed by atoms with Gasteiger partial charge in [-0.25, -0.2) is 0 Å². The first kappa shape index (κ1) is 12.5. The van der Waals surface area contributed by atoms with Gasteiger partial charge in [-0.3, -0.25) is 4.79 Å². The minimum atomic E-state index is -0.276. The fourth-order valence-electron chi connectivity index (χ4n) is 1.35. The van der Waals surface area contributed by atoms with E-state index >= 15 is 0 Å². The molecule has 0 aliphatic rings. The zero-order valence-electron chi connectivity index (χ0n) is 9.66. The molecule has 0 spiro atoms. The molecule has 0 unspecified atom stereocenters. The SMILES string of the molecule is COC(=O)CCOc1ccc(C)cc1CN. The van der Waals surface area contributed by atoms with Gasteiger partial charge in [0.2, 0.25) is 0 Å². The molecule has 0 aliphatic heterocycles. The van der Waals surface area contributed by atoms with Gasteiger partial charge in [0.05, 0.1) is 20.1 Å². The molecule has 0 saturated carbocycles. The molecule has 4 heteroatoms. The summed E-state index contributed by atoms with van der Waals surface area (Å²) >= 11 is 0. The topological polar surface area (TPSA) is 61.5 Å². The molecule has 0 radical (unpaired) electrons. The summed E-state index contributed by atoms with van der Waals surface area (Å²) in [5.41, 5.74) is 7.69. The van der Waals surface area contributed by atoms with Gasteiger partial charge in [-0.15, -0.1) is 0 Å². The Morgan fingerprint density at radius 1 is 1.44 bits per heavy atom. The molecule has 1 aromatic rings. The van der Waals surface area contributed by atoms with E-state index in [9.17, 15) is 4.79 Å². The van der Waals surface area contributed by atoms with E-state index in [4.69, 9.17) is 10.5 Å². The molecule has 0 aromatic heterocycles. The van der Waals surface area contributed by atoms with Crippen LogP contribution in [0.15, 0.2) is 18.2 Å². The number of nitrogens with two attached hydrogens (primary N) is 1. The van der Waals surface area contributed by atoms with Crippen molar-refractivity contribution in [3.05, 3.63) is 29.3 Å². The molecule has 1 aromatic carbocycles. The van der Waals surface area contributed by atoms with E-state index < -0.39 is 0 Å². The van der Waals surface area contributed by atoms with Crippen LogP contribution in [0.25, 0.3) is 0 Å². The van der Waals surface area contributed by atoms with Gasteiger partial charge in [0, 0.05) is 12.1 Å². The molecule has 0 atom stereocenters. The number of rotatable bonds is 5. The van der Waals surface area contributed by atoms with Crippen LogP contribution < -0.4 is 10.5 Å². The second kappa shape index (κ2) is 6.12. The van der Waals surface area contributed by atoms with Crippen molar-refractivity contribution in [1.82, 2.24) is 0 Å². The van der Waals surface area contributed by atoms with Crippen molar-refractivity contribution < 1.29 is 14.3 Å². The maximum Gasteiger partial charge on any atom is 0.308 e. The Labute approximate surface area is 95.3 Å². The first-order chi connectivity index (χ1) is 7.67. The minimum Gasteiger partial charge on any atom is -0.493 e. The Morgan fingerprint density at radius 2 is 2.19 bits per heavy atom. The molecule has 0 bridgehead atoms. The lowest BCUT2D eigenvalue weighted by molar-refractivity contribution is -0.141. The molecule has 1 rings (SSSR count). The van der Waals surface area contributed by atoms with Gasteiger partial charge in [0.1, 0.15) is 5.75 Å². The predicted molar refractivity (Wildman–Crippen MR) is 61.2 cm³/mol. The number of hydrogen-bond acceptors (Lipinski definition) is 4. The lowest BCUT2D eigenvalue weighted by Gasteiger charge is -2.10. The Balaban J connectivity index is 2.56. The number of esters is 1. The van der Waals surface area contributed by atoms with Crippen LogP contribution >= 0.6 is 0 Å². The molecule has 0 aliphatic carbocycles. The third-order valence-electron chi connectivity index (χ3n) is 2.23. The van der Waals surface area contributed by atoms with Crippen molar-refractivity contribution in [2.24, 2.45) is 5.73 Å². The molecular weight excluding hydrogens is 206 g/mol. The van der Waals surface area contributed by atoms with Crippen molar-refractivity contribution in [3.8, 4) is 5.75 Å². The van der Waals surface area contributed by atoms with Crippen molar-refractivity contribution in [3.63, 3.8) is 0 Å². The number of carbonyl (C=O) groups excluding carboxylic acids is 1. The van der Waals surface area contributed by atoms with Gasteiger partial charge < -0.3 is 15.2 Å².